The number of ether oxygens (including phenoxy) is 2. The molecule has 2 rings (SSSR count). The fourth-order valence-corrected chi connectivity index (χ4v) is 3.48. The Bertz CT molecular complexity index is 437. The molecule has 1 N–H and O–H groups in total. The molecular formula is C18H29NO2. The van der Waals surface area contributed by atoms with E-state index in [0.717, 1.165) is 29.9 Å². The van der Waals surface area contributed by atoms with Crippen molar-refractivity contribution in [1.82, 2.24) is 5.32 Å². The molecule has 0 amide bonds. The Morgan fingerprint density at radius 3 is 2.43 bits per heavy atom. The van der Waals surface area contributed by atoms with Crippen LogP contribution in [-0.2, 0) is 6.54 Å². The van der Waals surface area contributed by atoms with Gasteiger partial charge in [0.05, 0.1) is 13.7 Å². The average Bonchev–Trinajstić information content (AvgIpc) is 2.45. The summed E-state index contributed by atoms with van der Waals surface area (Å²) in [6, 6.07) is 6.84. The van der Waals surface area contributed by atoms with Crippen LogP contribution in [0.2, 0.25) is 0 Å². The van der Waals surface area contributed by atoms with Crippen LogP contribution in [-0.4, -0.2) is 19.8 Å². The van der Waals surface area contributed by atoms with E-state index >= 15 is 0 Å². The molecule has 2 atom stereocenters. The highest BCUT2D eigenvalue weighted by molar-refractivity contribution is 5.42. The van der Waals surface area contributed by atoms with Gasteiger partial charge in [-0.15, -0.1) is 0 Å². The molecule has 3 heteroatoms. The zero-order valence-corrected chi connectivity index (χ0v) is 13.8. The van der Waals surface area contributed by atoms with Crippen molar-refractivity contribution >= 4 is 0 Å². The van der Waals surface area contributed by atoms with Crippen LogP contribution in [0, 0.1) is 11.8 Å². The van der Waals surface area contributed by atoms with E-state index in [4.69, 9.17) is 9.47 Å². The minimum Gasteiger partial charge on any atom is -0.493 e. The molecule has 0 radical (unpaired) electrons. The van der Waals surface area contributed by atoms with Gasteiger partial charge >= 0.3 is 0 Å². The van der Waals surface area contributed by atoms with Crippen molar-refractivity contribution in [2.75, 3.05) is 13.7 Å². The number of hydrogen-bond acceptors (Lipinski definition) is 3. The molecule has 0 aliphatic heterocycles. The highest BCUT2D eigenvalue weighted by atomic mass is 16.5. The predicted molar refractivity (Wildman–Crippen MR) is 87.0 cm³/mol. The van der Waals surface area contributed by atoms with Gasteiger partial charge < -0.3 is 14.8 Å². The van der Waals surface area contributed by atoms with E-state index < -0.39 is 0 Å². The fraction of sp³-hybridized carbons (Fsp3) is 0.667. The summed E-state index contributed by atoms with van der Waals surface area (Å²) in [6.07, 6.45) is 3.95. The van der Waals surface area contributed by atoms with Gasteiger partial charge in [-0.3, -0.25) is 0 Å². The maximum Gasteiger partial charge on any atom is 0.161 e. The van der Waals surface area contributed by atoms with Crippen LogP contribution in [0.4, 0.5) is 0 Å². The highest BCUT2D eigenvalue weighted by Gasteiger charge is 2.23. The summed E-state index contributed by atoms with van der Waals surface area (Å²) in [4.78, 5) is 0. The van der Waals surface area contributed by atoms with E-state index in [1.165, 1.54) is 24.8 Å². The molecular weight excluding hydrogens is 262 g/mol. The third-order valence-corrected chi connectivity index (χ3v) is 4.30. The lowest BCUT2D eigenvalue weighted by atomic mass is 9.80. The second-order valence-electron chi connectivity index (χ2n) is 6.41. The zero-order valence-electron chi connectivity index (χ0n) is 13.8. The van der Waals surface area contributed by atoms with E-state index in [9.17, 15) is 0 Å². The third kappa shape index (κ3) is 4.63. The molecule has 0 heterocycles. The molecule has 1 fully saturated rings. The Kier molecular flexibility index (Phi) is 5.92. The summed E-state index contributed by atoms with van der Waals surface area (Å²) in [5, 5.41) is 3.71. The monoisotopic (exact) mass is 291 g/mol. The van der Waals surface area contributed by atoms with Crippen molar-refractivity contribution < 1.29 is 9.47 Å². The maximum atomic E-state index is 5.64. The first-order chi connectivity index (χ1) is 10.1. The van der Waals surface area contributed by atoms with Crippen molar-refractivity contribution in [2.45, 2.75) is 52.6 Å². The minimum absolute atomic E-state index is 0.640. The first kappa shape index (κ1) is 16.2. The topological polar surface area (TPSA) is 30.5 Å². The van der Waals surface area contributed by atoms with Crippen LogP contribution in [0.15, 0.2) is 18.2 Å². The van der Waals surface area contributed by atoms with E-state index in [1.54, 1.807) is 7.11 Å². The molecule has 21 heavy (non-hydrogen) atoms. The van der Waals surface area contributed by atoms with E-state index in [-0.39, 0.29) is 0 Å². The van der Waals surface area contributed by atoms with Gasteiger partial charge in [0.25, 0.3) is 0 Å². The van der Waals surface area contributed by atoms with Gasteiger partial charge in [-0.2, -0.15) is 0 Å². The standard InChI is InChI=1S/C18H29NO2/c1-5-21-18-11-15(6-7-17(18)20-4)12-19-16-9-13(2)8-14(3)10-16/h6-7,11,13-14,16,19H,5,8-10,12H2,1-4H3. The number of hydrogen-bond donors (Lipinski definition) is 1. The van der Waals surface area contributed by atoms with Crippen molar-refractivity contribution in [3.05, 3.63) is 23.8 Å². The molecule has 1 aliphatic rings. The molecule has 3 nitrogen and oxygen atoms in total. The number of rotatable bonds is 6. The fourth-order valence-electron chi connectivity index (χ4n) is 3.48. The maximum absolute atomic E-state index is 5.64. The van der Waals surface area contributed by atoms with E-state index in [1.807, 2.05) is 13.0 Å². The molecule has 0 bridgehead atoms. The number of nitrogens with one attached hydrogen (secondary N) is 1. The highest BCUT2D eigenvalue weighted by Crippen LogP contribution is 2.30. The van der Waals surface area contributed by atoms with Crippen molar-refractivity contribution in [1.29, 1.82) is 0 Å². The van der Waals surface area contributed by atoms with Gasteiger partial charge in [-0.1, -0.05) is 19.9 Å². The quantitative estimate of drug-likeness (QED) is 0.859. The third-order valence-electron chi connectivity index (χ3n) is 4.30. The second-order valence-corrected chi connectivity index (χ2v) is 6.41. The lowest BCUT2D eigenvalue weighted by Gasteiger charge is -2.32. The summed E-state index contributed by atoms with van der Waals surface area (Å²) in [5.74, 6) is 3.31. The van der Waals surface area contributed by atoms with Crippen LogP contribution in [0.1, 0.15) is 45.6 Å². The summed E-state index contributed by atoms with van der Waals surface area (Å²) in [7, 11) is 1.68. The average molecular weight is 291 g/mol. The molecule has 0 aromatic heterocycles. The lowest BCUT2D eigenvalue weighted by molar-refractivity contribution is 0.238. The van der Waals surface area contributed by atoms with Gasteiger partial charge in [0.1, 0.15) is 0 Å². The predicted octanol–water partition coefficient (Wildman–Crippen LogP) is 4.01. The number of methoxy groups -OCH3 is 1. The molecule has 2 unspecified atom stereocenters. The van der Waals surface area contributed by atoms with Gasteiger partial charge in [0.15, 0.2) is 11.5 Å². The Labute approximate surface area is 129 Å². The summed E-state index contributed by atoms with van der Waals surface area (Å²) in [6.45, 7) is 8.28. The zero-order chi connectivity index (χ0) is 15.2. The lowest BCUT2D eigenvalue weighted by Crippen LogP contribution is -2.35. The van der Waals surface area contributed by atoms with Crippen LogP contribution in [0.5, 0.6) is 11.5 Å². The van der Waals surface area contributed by atoms with Gasteiger partial charge in [-0.05, 0) is 55.7 Å². The second kappa shape index (κ2) is 7.69. The number of benzene rings is 1. The van der Waals surface area contributed by atoms with E-state index in [0.29, 0.717) is 12.6 Å². The van der Waals surface area contributed by atoms with E-state index in [2.05, 4.69) is 31.3 Å². The van der Waals surface area contributed by atoms with Gasteiger partial charge in [-0.25, -0.2) is 0 Å². The van der Waals surface area contributed by atoms with Crippen LogP contribution in [0.25, 0.3) is 0 Å². The van der Waals surface area contributed by atoms with Crippen molar-refractivity contribution in [3.63, 3.8) is 0 Å². The van der Waals surface area contributed by atoms with Crippen LogP contribution in [0.3, 0.4) is 0 Å². The summed E-state index contributed by atoms with van der Waals surface area (Å²) >= 11 is 0. The van der Waals surface area contributed by atoms with Crippen molar-refractivity contribution in [3.8, 4) is 11.5 Å². The molecule has 0 saturated heterocycles. The molecule has 1 saturated carbocycles. The van der Waals surface area contributed by atoms with Gasteiger partial charge in [0.2, 0.25) is 0 Å². The molecule has 0 spiro atoms. The molecule has 1 aromatic rings. The van der Waals surface area contributed by atoms with Crippen LogP contribution < -0.4 is 14.8 Å². The Balaban J connectivity index is 1.95. The molecule has 1 aliphatic carbocycles. The SMILES string of the molecule is CCOc1cc(CNC2CC(C)CC(C)C2)ccc1OC. The minimum atomic E-state index is 0.640. The first-order valence-electron chi connectivity index (χ1n) is 8.15. The van der Waals surface area contributed by atoms with Gasteiger partial charge in [0, 0.05) is 12.6 Å². The summed E-state index contributed by atoms with van der Waals surface area (Å²) in [5.41, 5.74) is 1.25. The largest absolute Gasteiger partial charge is 0.493 e. The van der Waals surface area contributed by atoms with Crippen LogP contribution >= 0.6 is 0 Å². The Hall–Kier alpha value is -1.22. The van der Waals surface area contributed by atoms with Crippen molar-refractivity contribution in [2.24, 2.45) is 11.8 Å². The smallest absolute Gasteiger partial charge is 0.161 e. The molecule has 1 aromatic carbocycles. The normalized spacial score (nSPS) is 25.6. The first-order valence-corrected chi connectivity index (χ1v) is 8.15. The Morgan fingerprint density at radius 2 is 1.81 bits per heavy atom. The molecule has 118 valence electrons. The Morgan fingerprint density at radius 1 is 1.10 bits per heavy atom. The summed E-state index contributed by atoms with van der Waals surface area (Å²) < 4.78 is 11.0.